The van der Waals surface area contributed by atoms with Crippen molar-refractivity contribution in [1.29, 1.82) is 0 Å². The van der Waals surface area contributed by atoms with Crippen molar-refractivity contribution < 1.29 is 0 Å². The first-order chi connectivity index (χ1) is 9.22. The van der Waals surface area contributed by atoms with Crippen LogP contribution < -0.4 is 5.73 Å². The molecule has 1 heterocycles. The van der Waals surface area contributed by atoms with Crippen molar-refractivity contribution >= 4 is 0 Å². The van der Waals surface area contributed by atoms with Crippen molar-refractivity contribution in [2.24, 2.45) is 5.73 Å². The zero-order chi connectivity index (χ0) is 13.2. The van der Waals surface area contributed by atoms with Crippen LogP contribution in [0.5, 0.6) is 0 Å². The molecule has 0 saturated carbocycles. The highest BCUT2D eigenvalue weighted by atomic mass is 14.9. The lowest BCUT2D eigenvalue weighted by Crippen LogP contribution is -2.09. The van der Waals surface area contributed by atoms with Crippen molar-refractivity contribution in [3.8, 4) is 0 Å². The Kier molecular flexibility index (Phi) is 3.43. The lowest BCUT2D eigenvalue weighted by molar-refractivity contribution is 0.610. The van der Waals surface area contributed by atoms with Gasteiger partial charge in [0.05, 0.1) is 0 Å². The first kappa shape index (κ1) is 12.5. The number of hydrogen-bond donors (Lipinski definition) is 1. The molecule has 1 unspecified atom stereocenters. The third kappa shape index (κ3) is 2.74. The summed E-state index contributed by atoms with van der Waals surface area (Å²) >= 11 is 0. The van der Waals surface area contributed by atoms with Gasteiger partial charge in [-0.1, -0.05) is 36.2 Å². The number of fused-ring (bicyclic) bond motifs is 1. The topological polar surface area (TPSA) is 30.9 Å². The summed E-state index contributed by atoms with van der Waals surface area (Å²) in [6, 6.07) is 8.95. The molecule has 0 spiro atoms. The summed E-state index contributed by atoms with van der Waals surface area (Å²) in [5.41, 5.74) is 11.8. The predicted octanol–water partition coefficient (Wildman–Crippen LogP) is 3.57. The van der Waals surface area contributed by atoms with E-state index in [0.717, 1.165) is 13.0 Å². The van der Waals surface area contributed by atoms with Crippen LogP contribution in [0.2, 0.25) is 0 Å². The Labute approximate surface area is 115 Å². The molecule has 2 aromatic rings. The summed E-state index contributed by atoms with van der Waals surface area (Å²) in [5, 5.41) is 0. The number of rotatable bonds is 2. The fourth-order valence-electron chi connectivity index (χ4n) is 3.06. The summed E-state index contributed by atoms with van der Waals surface area (Å²) in [5.74, 6) is 0. The summed E-state index contributed by atoms with van der Waals surface area (Å²) in [4.78, 5) is 0. The molecule has 0 saturated heterocycles. The van der Waals surface area contributed by atoms with E-state index < -0.39 is 0 Å². The SMILES string of the molecule is Cc1cccc(Cn2cc3c(c2)C(N)CCCC3)c1. The minimum absolute atomic E-state index is 0.233. The molecule has 1 aromatic heterocycles. The molecule has 3 rings (SSSR count). The van der Waals surface area contributed by atoms with E-state index in [2.05, 4.69) is 48.1 Å². The van der Waals surface area contributed by atoms with Crippen molar-refractivity contribution in [1.82, 2.24) is 4.57 Å². The number of hydrogen-bond acceptors (Lipinski definition) is 1. The Bertz CT molecular complexity index is 568. The summed E-state index contributed by atoms with van der Waals surface area (Å²) in [6.07, 6.45) is 9.39. The highest BCUT2D eigenvalue weighted by Crippen LogP contribution is 2.28. The van der Waals surface area contributed by atoms with Crippen LogP contribution in [0.25, 0.3) is 0 Å². The van der Waals surface area contributed by atoms with Gasteiger partial charge < -0.3 is 10.3 Å². The Balaban J connectivity index is 1.85. The standard InChI is InChI=1S/C17H22N2/c1-13-5-4-6-14(9-13)10-19-11-15-7-2-3-8-17(18)16(15)12-19/h4-6,9,11-12,17H,2-3,7-8,10,18H2,1H3. The van der Waals surface area contributed by atoms with Gasteiger partial charge in [0, 0.05) is 25.0 Å². The lowest BCUT2D eigenvalue weighted by atomic mass is 10.1. The van der Waals surface area contributed by atoms with E-state index in [4.69, 9.17) is 5.73 Å². The van der Waals surface area contributed by atoms with Crippen LogP contribution in [0, 0.1) is 6.92 Å². The largest absolute Gasteiger partial charge is 0.349 e. The number of nitrogens with zero attached hydrogens (tertiary/aromatic N) is 1. The molecule has 0 aliphatic heterocycles. The average molecular weight is 254 g/mol. The third-order valence-electron chi connectivity index (χ3n) is 4.06. The Hall–Kier alpha value is -1.54. The molecule has 0 fully saturated rings. The molecule has 2 heteroatoms. The minimum atomic E-state index is 0.233. The van der Waals surface area contributed by atoms with Gasteiger partial charge in [-0.25, -0.2) is 0 Å². The second kappa shape index (κ2) is 5.22. The van der Waals surface area contributed by atoms with E-state index in [0.29, 0.717) is 0 Å². The van der Waals surface area contributed by atoms with Gasteiger partial charge in [0.1, 0.15) is 0 Å². The lowest BCUT2D eigenvalue weighted by Gasteiger charge is -2.08. The van der Waals surface area contributed by atoms with E-state index in [9.17, 15) is 0 Å². The number of benzene rings is 1. The zero-order valence-corrected chi connectivity index (χ0v) is 11.6. The van der Waals surface area contributed by atoms with E-state index in [1.165, 1.54) is 41.5 Å². The van der Waals surface area contributed by atoms with Gasteiger partial charge in [-0.2, -0.15) is 0 Å². The normalized spacial score (nSPS) is 18.9. The van der Waals surface area contributed by atoms with Crippen LogP contribution in [0.15, 0.2) is 36.7 Å². The van der Waals surface area contributed by atoms with E-state index in [1.54, 1.807) is 0 Å². The highest BCUT2D eigenvalue weighted by molar-refractivity contribution is 5.30. The summed E-state index contributed by atoms with van der Waals surface area (Å²) in [7, 11) is 0. The highest BCUT2D eigenvalue weighted by Gasteiger charge is 2.17. The van der Waals surface area contributed by atoms with Crippen LogP contribution in [0.3, 0.4) is 0 Å². The third-order valence-corrected chi connectivity index (χ3v) is 4.06. The molecule has 1 aromatic carbocycles. The maximum Gasteiger partial charge on any atom is 0.0470 e. The van der Waals surface area contributed by atoms with Crippen LogP contribution in [0.4, 0.5) is 0 Å². The molecular weight excluding hydrogens is 232 g/mol. The molecule has 2 nitrogen and oxygen atoms in total. The van der Waals surface area contributed by atoms with Crippen molar-refractivity contribution in [3.63, 3.8) is 0 Å². The van der Waals surface area contributed by atoms with Gasteiger partial charge in [0.15, 0.2) is 0 Å². The van der Waals surface area contributed by atoms with Crippen molar-refractivity contribution in [3.05, 3.63) is 58.9 Å². The molecule has 1 aliphatic rings. The fraction of sp³-hybridized carbons (Fsp3) is 0.412. The van der Waals surface area contributed by atoms with Crippen molar-refractivity contribution in [2.75, 3.05) is 0 Å². The molecule has 0 radical (unpaired) electrons. The maximum absolute atomic E-state index is 6.26. The maximum atomic E-state index is 6.26. The second-order valence-electron chi connectivity index (χ2n) is 5.75. The minimum Gasteiger partial charge on any atom is -0.349 e. The van der Waals surface area contributed by atoms with Gasteiger partial charge in [-0.15, -0.1) is 0 Å². The molecule has 0 amide bonds. The van der Waals surface area contributed by atoms with Gasteiger partial charge in [-0.05, 0) is 42.9 Å². The van der Waals surface area contributed by atoms with Crippen LogP contribution in [0.1, 0.15) is 47.6 Å². The van der Waals surface area contributed by atoms with Crippen LogP contribution in [-0.2, 0) is 13.0 Å². The molecule has 2 N–H and O–H groups in total. The Morgan fingerprint density at radius 1 is 1.26 bits per heavy atom. The van der Waals surface area contributed by atoms with Gasteiger partial charge in [-0.3, -0.25) is 0 Å². The molecule has 1 atom stereocenters. The van der Waals surface area contributed by atoms with E-state index in [-0.39, 0.29) is 6.04 Å². The molecule has 100 valence electrons. The zero-order valence-electron chi connectivity index (χ0n) is 11.6. The second-order valence-corrected chi connectivity index (χ2v) is 5.75. The average Bonchev–Trinajstić information content (AvgIpc) is 2.70. The smallest absolute Gasteiger partial charge is 0.0470 e. The van der Waals surface area contributed by atoms with Crippen LogP contribution >= 0.6 is 0 Å². The quantitative estimate of drug-likeness (QED) is 0.816. The number of aromatic nitrogens is 1. The molecule has 19 heavy (non-hydrogen) atoms. The van der Waals surface area contributed by atoms with E-state index in [1.807, 2.05) is 0 Å². The van der Waals surface area contributed by atoms with Gasteiger partial charge in [0.2, 0.25) is 0 Å². The Morgan fingerprint density at radius 2 is 2.16 bits per heavy atom. The van der Waals surface area contributed by atoms with E-state index >= 15 is 0 Å². The predicted molar refractivity (Wildman–Crippen MR) is 79.2 cm³/mol. The van der Waals surface area contributed by atoms with Crippen molar-refractivity contribution in [2.45, 2.75) is 45.2 Å². The Morgan fingerprint density at radius 3 is 3.00 bits per heavy atom. The molecule has 1 aliphatic carbocycles. The van der Waals surface area contributed by atoms with Gasteiger partial charge in [0.25, 0.3) is 0 Å². The first-order valence-corrected chi connectivity index (χ1v) is 7.22. The summed E-state index contributed by atoms with van der Waals surface area (Å²) < 4.78 is 2.30. The summed E-state index contributed by atoms with van der Waals surface area (Å²) in [6.45, 7) is 3.09. The number of aryl methyl sites for hydroxylation is 2. The fourth-order valence-corrected chi connectivity index (χ4v) is 3.06. The van der Waals surface area contributed by atoms with Crippen LogP contribution in [-0.4, -0.2) is 4.57 Å². The molecule has 0 bridgehead atoms. The first-order valence-electron chi connectivity index (χ1n) is 7.22. The number of nitrogens with two attached hydrogens (primary N) is 1. The monoisotopic (exact) mass is 254 g/mol. The molecular formula is C17H22N2. The van der Waals surface area contributed by atoms with Gasteiger partial charge >= 0.3 is 0 Å².